The smallest absolute Gasteiger partial charge is 0.323 e. The van der Waals surface area contributed by atoms with Gasteiger partial charge in [0.25, 0.3) is 0 Å². The summed E-state index contributed by atoms with van der Waals surface area (Å²) in [4.78, 5) is 18.1. The number of aromatic nitrogens is 1. The van der Waals surface area contributed by atoms with Crippen molar-refractivity contribution >= 4 is 23.1 Å². The van der Waals surface area contributed by atoms with Gasteiger partial charge in [-0.15, -0.1) is 0 Å². The molecule has 2 aromatic rings. The van der Waals surface area contributed by atoms with Crippen LogP contribution in [0.15, 0.2) is 48.8 Å². The molecule has 5 nitrogen and oxygen atoms in total. The summed E-state index contributed by atoms with van der Waals surface area (Å²) in [5.41, 5.74) is 2.72. The summed E-state index contributed by atoms with van der Waals surface area (Å²) in [6.45, 7) is 2.24. The summed E-state index contributed by atoms with van der Waals surface area (Å²) < 4.78 is 0. The maximum absolute atomic E-state index is 11.9. The molecule has 2 N–H and O–H groups in total. The summed E-state index contributed by atoms with van der Waals surface area (Å²) in [6, 6.07) is 11.2. The molecule has 1 aliphatic heterocycles. The third kappa shape index (κ3) is 3.51. The van der Waals surface area contributed by atoms with Crippen molar-refractivity contribution in [3.8, 4) is 0 Å². The number of rotatable bonds is 3. The highest BCUT2D eigenvalue weighted by molar-refractivity contribution is 5.99. The minimum atomic E-state index is -0.255. The first kappa shape index (κ1) is 13.4. The molecule has 5 heteroatoms. The zero-order valence-electron chi connectivity index (χ0n) is 11.7. The van der Waals surface area contributed by atoms with Crippen LogP contribution in [-0.4, -0.2) is 24.1 Å². The molecule has 1 fully saturated rings. The van der Waals surface area contributed by atoms with E-state index in [4.69, 9.17) is 0 Å². The van der Waals surface area contributed by atoms with E-state index in [-0.39, 0.29) is 6.03 Å². The summed E-state index contributed by atoms with van der Waals surface area (Å²) in [5.74, 6) is 0. The van der Waals surface area contributed by atoms with E-state index in [1.54, 1.807) is 24.5 Å². The van der Waals surface area contributed by atoms with Crippen molar-refractivity contribution in [1.82, 2.24) is 4.98 Å². The molecule has 108 valence electrons. The van der Waals surface area contributed by atoms with Gasteiger partial charge in [-0.1, -0.05) is 0 Å². The van der Waals surface area contributed by atoms with Crippen LogP contribution in [0.2, 0.25) is 0 Å². The Hall–Kier alpha value is -2.56. The van der Waals surface area contributed by atoms with Gasteiger partial charge in [-0.05, 0) is 49.2 Å². The average molecular weight is 282 g/mol. The molecule has 0 spiro atoms. The Bertz CT molecular complexity index is 591. The quantitative estimate of drug-likeness (QED) is 0.908. The summed E-state index contributed by atoms with van der Waals surface area (Å²) >= 11 is 0. The molecule has 1 saturated heterocycles. The molecule has 0 aliphatic carbocycles. The van der Waals surface area contributed by atoms with Gasteiger partial charge in [0.15, 0.2) is 0 Å². The van der Waals surface area contributed by atoms with Crippen LogP contribution in [0.5, 0.6) is 0 Å². The molecule has 0 atom stereocenters. The molecule has 1 aromatic heterocycles. The third-order valence-electron chi connectivity index (χ3n) is 3.53. The lowest BCUT2D eigenvalue weighted by Gasteiger charge is -2.17. The predicted octanol–water partition coefficient (Wildman–Crippen LogP) is 3.33. The number of carbonyl (C=O) groups is 1. The number of carbonyl (C=O) groups excluding carboxylic acids is 1. The first-order chi connectivity index (χ1) is 10.3. The molecule has 2 amide bonds. The third-order valence-corrected chi connectivity index (χ3v) is 3.53. The van der Waals surface area contributed by atoms with Crippen LogP contribution in [0.3, 0.4) is 0 Å². The van der Waals surface area contributed by atoms with E-state index < -0.39 is 0 Å². The minimum absolute atomic E-state index is 0.255. The van der Waals surface area contributed by atoms with E-state index in [1.165, 1.54) is 18.5 Å². The first-order valence-corrected chi connectivity index (χ1v) is 7.14. The highest BCUT2D eigenvalue weighted by atomic mass is 16.2. The van der Waals surface area contributed by atoms with E-state index in [2.05, 4.69) is 20.5 Å². The van der Waals surface area contributed by atoms with Crippen molar-refractivity contribution in [2.75, 3.05) is 28.6 Å². The van der Waals surface area contributed by atoms with Gasteiger partial charge in [0.2, 0.25) is 0 Å². The number of urea groups is 1. The number of anilines is 3. The normalized spacial score (nSPS) is 14.0. The molecule has 1 aromatic carbocycles. The van der Waals surface area contributed by atoms with Crippen molar-refractivity contribution in [2.24, 2.45) is 0 Å². The van der Waals surface area contributed by atoms with Crippen LogP contribution in [-0.2, 0) is 0 Å². The fourth-order valence-electron chi connectivity index (χ4n) is 2.46. The van der Waals surface area contributed by atoms with Crippen LogP contribution in [0, 0.1) is 0 Å². The van der Waals surface area contributed by atoms with E-state index in [1.807, 2.05) is 24.3 Å². The number of hydrogen-bond donors (Lipinski definition) is 2. The Labute approximate surface area is 124 Å². The predicted molar refractivity (Wildman–Crippen MR) is 84.8 cm³/mol. The number of nitrogens with zero attached hydrogens (tertiary/aromatic N) is 2. The second-order valence-corrected chi connectivity index (χ2v) is 5.06. The Balaban J connectivity index is 1.58. The maximum atomic E-state index is 11.9. The number of benzene rings is 1. The molecule has 3 rings (SSSR count). The van der Waals surface area contributed by atoms with Crippen LogP contribution in [0.1, 0.15) is 12.8 Å². The standard InChI is InChI=1S/C16H18N4O/c21-16(19-14-7-9-17-10-8-14)18-13-3-5-15(6-4-13)20-11-1-2-12-20/h3-10H,1-2,11-12H2,(H2,17,18,19,21). The van der Waals surface area contributed by atoms with Gasteiger partial charge in [0.1, 0.15) is 0 Å². The monoisotopic (exact) mass is 282 g/mol. The number of hydrogen-bond acceptors (Lipinski definition) is 3. The van der Waals surface area contributed by atoms with Crippen molar-refractivity contribution < 1.29 is 4.79 Å². The Kier molecular flexibility index (Phi) is 4.00. The lowest BCUT2D eigenvalue weighted by Crippen LogP contribution is -2.20. The topological polar surface area (TPSA) is 57.3 Å². The molecule has 0 bridgehead atoms. The number of pyridine rings is 1. The van der Waals surface area contributed by atoms with Crippen molar-refractivity contribution in [3.05, 3.63) is 48.8 Å². The van der Waals surface area contributed by atoms with Crippen molar-refractivity contribution in [2.45, 2.75) is 12.8 Å². The summed E-state index contributed by atoms with van der Waals surface area (Å²) in [7, 11) is 0. The van der Waals surface area contributed by atoms with Crippen LogP contribution in [0.25, 0.3) is 0 Å². The van der Waals surface area contributed by atoms with Gasteiger partial charge in [-0.25, -0.2) is 4.79 Å². The Morgan fingerprint density at radius 3 is 2.10 bits per heavy atom. The zero-order chi connectivity index (χ0) is 14.5. The molecule has 2 heterocycles. The number of amides is 2. The molecular formula is C16H18N4O. The number of nitrogens with one attached hydrogen (secondary N) is 2. The highest BCUT2D eigenvalue weighted by Crippen LogP contribution is 2.22. The maximum Gasteiger partial charge on any atom is 0.323 e. The van der Waals surface area contributed by atoms with Crippen molar-refractivity contribution in [3.63, 3.8) is 0 Å². The van der Waals surface area contributed by atoms with Gasteiger partial charge in [0.05, 0.1) is 0 Å². The Morgan fingerprint density at radius 1 is 0.905 bits per heavy atom. The van der Waals surface area contributed by atoms with Crippen molar-refractivity contribution in [1.29, 1.82) is 0 Å². The van der Waals surface area contributed by atoms with Gasteiger partial charge in [-0.3, -0.25) is 4.98 Å². The fourth-order valence-corrected chi connectivity index (χ4v) is 2.46. The van der Waals surface area contributed by atoms with E-state index in [0.717, 1.165) is 24.5 Å². The SMILES string of the molecule is O=C(Nc1ccncc1)Nc1ccc(N2CCCC2)cc1. The first-order valence-electron chi connectivity index (χ1n) is 7.14. The fraction of sp³-hybridized carbons (Fsp3) is 0.250. The second-order valence-electron chi connectivity index (χ2n) is 5.06. The van der Waals surface area contributed by atoms with E-state index >= 15 is 0 Å². The average Bonchev–Trinajstić information content (AvgIpc) is 3.03. The molecule has 21 heavy (non-hydrogen) atoms. The molecule has 0 unspecified atom stereocenters. The largest absolute Gasteiger partial charge is 0.372 e. The molecule has 1 aliphatic rings. The van der Waals surface area contributed by atoms with E-state index in [0.29, 0.717) is 0 Å². The Morgan fingerprint density at radius 2 is 1.48 bits per heavy atom. The lowest BCUT2D eigenvalue weighted by atomic mass is 10.2. The van der Waals surface area contributed by atoms with Gasteiger partial charge >= 0.3 is 6.03 Å². The zero-order valence-corrected chi connectivity index (χ0v) is 11.7. The van der Waals surface area contributed by atoms with Gasteiger partial charge < -0.3 is 15.5 Å². The van der Waals surface area contributed by atoms with Crippen LogP contribution < -0.4 is 15.5 Å². The lowest BCUT2D eigenvalue weighted by molar-refractivity contribution is 0.262. The van der Waals surface area contributed by atoms with Crippen LogP contribution in [0.4, 0.5) is 21.9 Å². The van der Waals surface area contributed by atoms with Crippen LogP contribution >= 0.6 is 0 Å². The van der Waals surface area contributed by atoms with Gasteiger partial charge in [-0.2, -0.15) is 0 Å². The molecule has 0 saturated carbocycles. The van der Waals surface area contributed by atoms with E-state index in [9.17, 15) is 4.79 Å². The molecule has 0 radical (unpaired) electrons. The minimum Gasteiger partial charge on any atom is -0.372 e. The summed E-state index contributed by atoms with van der Waals surface area (Å²) in [6.07, 6.45) is 5.80. The summed E-state index contributed by atoms with van der Waals surface area (Å²) in [5, 5.41) is 5.58. The molecular weight excluding hydrogens is 264 g/mol. The van der Waals surface area contributed by atoms with Gasteiger partial charge in [0, 0.05) is 42.5 Å². The second kappa shape index (κ2) is 6.26. The highest BCUT2D eigenvalue weighted by Gasteiger charge is 2.12.